The van der Waals surface area contributed by atoms with E-state index in [4.69, 9.17) is 0 Å². The van der Waals surface area contributed by atoms with Crippen molar-refractivity contribution in [3.63, 3.8) is 0 Å². The standard InChI is InChI=1S/C13H12N4O/c1-9-11(8-18)17-13(14-9)15-12(16-17)7-10-5-3-2-4-6-10/h2-6,8H,7H2,1H3,(H,14,15,16). The number of aryl methyl sites for hydroxylation is 1. The maximum Gasteiger partial charge on any atom is 0.251 e. The van der Waals surface area contributed by atoms with Gasteiger partial charge in [-0.05, 0) is 12.5 Å². The van der Waals surface area contributed by atoms with Gasteiger partial charge in [0.1, 0.15) is 11.5 Å². The molecule has 0 fully saturated rings. The largest absolute Gasteiger partial charge is 0.296 e. The van der Waals surface area contributed by atoms with Crippen molar-refractivity contribution in [2.24, 2.45) is 0 Å². The van der Waals surface area contributed by atoms with Gasteiger partial charge in [0.15, 0.2) is 6.29 Å². The van der Waals surface area contributed by atoms with Crippen molar-refractivity contribution in [3.05, 3.63) is 53.1 Å². The number of aromatic nitrogens is 4. The van der Waals surface area contributed by atoms with Crippen molar-refractivity contribution in [3.8, 4) is 0 Å². The predicted molar refractivity (Wildman–Crippen MR) is 66.7 cm³/mol. The fourth-order valence-corrected chi connectivity index (χ4v) is 1.99. The molecule has 90 valence electrons. The fraction of sp³-hybridized carbons (Fsp3) is 0.154. The molecule has 1 aromatic carbocycles. The van der Waals surface area contributed by atoms with Gasteiger partial charge in [0, 0.05) is 6.42 Å². The fourth-order valence-electron chi connectivity index (χ4n) is 1.99. The number of carbonyl (C=O) groups is 1. The molecule has 2 heterocycles. The topological polar surface area (TPSA) is 63.1 Å². The lowest BCUT2D eigenvalue weighted by Crippen LogP contribution is -1.96. The summed E-state index contributed by atoms with van der Waals surface area (Å²) < 4.78 is 1.63. The molecule has 3 rings (SSSR count). The lowest BCUT2D eigenvalue weighted by atomic mass is 10.1. The third kappa shape index (κ3) is 1.69. The molecule has 0 saturated heterocycles. The minimum absolute atomic E-state index is 0.525. The van der Waals surface area contributed by atoms with Gasteiger partial charge in [-0.15, -0.1) is 0 Å². The number of hydrogen-bond acceptors (Lipinski definition) is 3. The number of imidazole rings is 1. The first-order chi connectivity index (χ1) is 8.78. The second-order valence-corrected chi connectivity index (χ2v) is 4.17. The Morgan fingerprint density at radius 3 is 2.78 bits per heavy atom. The number of benzene rings is 1. The minimum atomic E-state index is 0.525. The molecule has 18 heavy (non-hydrogen) atoms. The van der Waals surface area contributed by atoms with Crippen LogP contribution in [0.15, 0.2) is 30.3 Å². The Balaban J connectivity index is 1.99. The van der Waals surface area contributed by atoms with Crippen molar-refractivity contribution < 1.29 is 4.79 Å². The van der Waals surface area contributed by atoms with Crippen LogP contribution in [0.5, 0.6) is 0 Å². The van der Waals surface area contributed by atoms with Crippen LogP contribution in [0.2, 0.25) is 0 Å². The van der Waals surface area contributed by atoms with Crippen molar-refractivity contribution in [1.29, 1.82) is 0 Å². The van der Waals surface area contributed by atoms with E-state index in [-0.39, 0.29) is 0 Å². The molecular weight excluding hydrogens is 228 g/mol. The number of H-pyrrole nitrogens is 1. The second kappa shape index (κ2) is 4.10. The molecule has 1 N–H and O–H groups in total. The predicted octanol–water partition coefficient (Wildman–Crippen LogP) is 1.77. The number of hydrogen-bond donors (Lipinski definition) is 1. The average molecular weight is 240 g/mol. The van der Waals surface area contributed by atoms with E-state index in [1.54, 1.807) is 11.4 Å². The van der Waals surface area contributed by atoms with Crippen molar-refractivity contribution in [1.82, 2.24) is 19.6 Å². The summed E-state index contributed by atoms with van der Waals surface area (Å²) in [5, 5.41) is 3.10. The third-order valence-corrected chi connectivity index (χ3v) is 2.88. The number of rotatable bonds is 3. The van der Waals surface area contributed by atoms with Gasteiger partial charge in [-0.25, -0.2) is 9.50 Å². The van der Waals surface area contributed by atoms with Crippen LogP contribution < -0.4 is 0 Å². The smallest absolute Gasteiger partial charge is 0.251 e. The van der Waals surface area contributed by atoms with E-state index < -0.39 is 0 Å². The molecule has 0 saturated carbocycles. The molecule has 0 aliphatic rings. The van der Waals surface area contributed by atoms with Gasteiger partial charge in [0.05, 0.1) is 5.69 Å². The molecule has 5 heteroatoms. The monoisotopic (exact) mass is 240 g/mol. The van der Waals surface area contributed by atoms with Crippen LogP contribution in [0.25, 0.3) is 5.78 Å². The Kier molecular flexibility index (Phi) is 2.44. The minimum Gasteiger partial charge on any atom is -0.296 e. The van der Waals surface area contributed by atoms with Crippen molar-refractivity contribution >= 4 is 12.1 Å². The second-order valence-electron chi connectivity index (χ2n) is 4.17. The highest BCUT2D eigenvalue weighted by atomic mass is 16.1. The van der Waals surface area contributed by atoms with Gasteiger partial charge in [-0.1, -0.05) is 30.3 Å². The zero-order valence-corrected chi connectivity index (χ0v) is 9.92. The molecule has 0 bridgehead atoms. The van der Waals surface area contributed by atoms with Crippen LogP contribution >= 0.6 is 0 Å². The molecule has 3 aromatic rings. The highest BCUT2D eigenvalue weighted by Crippen LogP contribution is 2.10. The van der Waals surface area contributed by atoms with E-state index in [2.05, 4.69) is 15.1 Å². The number of nitrogens with one attached hydrogen (secondary N) is 1. The summed E-state index contributed by atoms with van der Waals surface area (Å²) in [4.78, 5) is 19.6. The Morgan fingerprint density at radius 2 is 2.06 bits per heavy atom. The zero-order valence-electron chi connectivity index (χ0n) is 9.92. The van der Waals surface area contributed by atoms with Crippen LogP contribution in [-0.4, -0.2) is 25.9 Å². The number of nitrogens with zero attached hydrogens (tertiary/aromatic N) is 3. The van der Waals surface area contributed by atoms with Crippen LogP contribution in [0.4, 0.5) is 0 Å². The summed E-state index contributed by atoms with van der Waals surface area (Å²) in [7, 11) is 0. The molecular formula is C13H12N4O. The molecule has 2 aromatic heterocycles. The number of carbonyl (C=O) groups excluding carboxylic acids is 1. The molecule has 0 amide bonds. The maximum atomic E-state index is 11.0. The van der Waals surface area contributed by atoms with Gasteiger partial charge in [0.2, 0.25) is 0 Å². The summed E-state index contributed by atoms with van der Waals surface area (Å²) in [5.74, 6) is 1.34. The van der Waals surface area contributed by atoms with E-state index in [0.29, 0.717) is 23.6 Å². The number of aldehydes is 1. The van der Waals surface area contributed by atoms with Crippen LogP contribution in [-0.2, 0) is 6.42 Å². The highest BCUT2D eigenvalue weighted by Gasteiger charge is 2.12. The number of fused-ring (bicyclic) bond motifs is 1. The van der Waals surface area contributed by atoms with Crippen molar-refractivity contribution in [2.75, 3.05) is 0 Å². The number of aromatic amines is 1. The normalized spacial score (nSPS) is 10.9. The highest BCUT2D eigenvalue weighted by molar-refractivity contribution is 5.75. The lowest BCUT2D eigenvalue weighted by Gasteiger charge is -1.96. The van der Waals surface area contributed by atoms with E-state index in [9.17, 15) is 4.79 Å². The zero-order chi connectivity index (χ0) is 12.5. The Morgan fingerprint density at radius 1 is 1.28 bits per heavy atom. The summed E-state index contributed by atoms with van der Waals surface area (Å²) in [5.41, 5.74) is 2.38. The SMILES string of the molecule is Cc1nc2nc(Cc3ccccc3)[nH]n2c1C=O. The van der Waals surface area contributed by atoms with E-state index >= 15 is 0 Å². The molecule has 0 unspecified atom stereocenters. The Labute approximate surface area is 103 Å². The summed E-state index contributed by atoms with van der Waals surface area (Å²) >= 11 is 0. The summed E-state index contributed by atoms with van der Waals surface area (Å²) in [6.07, 6.45) is 1.49. The first kappa shape index (κ1) is 10.7. The molecule has 5 nitrogen and oxygen atoms in total. The molecule has 0 atom stereocenters. The molecule has 0 spiro atoms. The third-order valence-electron chi connectivity index (χ3n) is 2.88. The van der Waals surface area contributed by atoms with Crippen molar-refractivity contribution in [2.45, 2.75) is 13.3 Å². The maximum absolute atomic E-state index is 11.0. The van der Waals surface area contributed by atoms with Crippen LogP contribution in [0.3, 0.4) is 0 Å². The van der Waals surface area contributed by atoms with Gasteiger partial charge < -0.3 is 0 Å². The molecule has 0 aliphatic heterocycles. The lowest BCUT2D eigenvalue weighted by molar-refractivity contribution is 0.111. The van der Waals surface area contributed by atoms with Gasteiger partial charge in [-0.2, -0.15) is 4.98 Å². The van der Waals surface area contributed by atoms with Gasteiger partial charge in [0.25, 0.3) is 5.78 Å². The quantitative estimate of drug-likeness (QED) is 0.710. The van der Waals surface area contributed by atoms with Gasteiger partial charge >= 0.3 is 0 Å². The Hall–Kier alpha value is -2.43. The summed E-state index contributed by atoms with van der Waals surface area (Å²) in [6, 6.07) is 10.0. The summed E-state index contributed by atoms with van der Waals surface area (Å²) in [6.45, 7) is 1.79. The van der Waals surface area contributed by atoms with Crippen LogP contribution in [0, 0.1) is 6.92 Å². The Bertz CT molecular complexity index is 696. The van der Waals surface area contributed by atoms with E-state index in [1.165, 1.54) is 5.56 Å². The van der Waals surface area contributed by atoms with E-state index in [0.717, 1.165) is 12.1 Å². The first-order valence-electron chi connectivity index (χ1n) is 5.71. The first-order valence-corrected chi connectivity index (χ1v) is 5.71. The molecule has 0 aliphatic carbocycles. The average Bonchev–Trinajstić information content (AvgIpc) is 2.86. The molecule has 0 radical (unpaired) electrons. The van der Waals surface area contributed by atoms with Crippen LogP contribution in [0.1, 0.15) is 27.6 Å². The van der Waals surface area contributed by atoms with Gasteiger partial charge in [-0.3, -0.25) is 9.89 Å². The van der Waals surface area contributed by atoms with E-state index in [1.807, 2.05) is 30.3 Å².